The Labute approximate surface area is 335 Å². The summed E-state index contributed by atoms with van der Waals surface area (Å²) in [5.41, 5.74) is 6.64. The average molecular weight is 805 g/mol. The molecule has 2 aliphatic rings. The number of halogens is 3. The quantitative estimate of drug-likeness (QED) is 0.0757. The monoisotopic (exact) mass is 804 g/mol. The Morgan fingerprint density at radius 1 is 0.914 bits per heavy atom. The molecule has 1 aliphatic carbocycles. The first-order valence-electron chi connectivity index (χ1n) is 20.2. The van der Waals surface area contributed by atoms with E-state index in [1.165, 1.54) is 17.0 Å². The minimum absolute atomic E-state index is 0.0846. The van der Waals surface area contributed by atoms with Crippen LogP contribution < -0.4 is 11.1 Å². The number of Topliss-reactive ketones (excluding diaryl/α,β-unsaturated/α-hetero) is 2. The minimum Gasteiger partial charge on any atom is -0.445 e. The Bertz CT molecular complexity index is 1970. The van der Waals surface area contributed by atoms with Crippen LogP contribution in [0, 0.1) is 11.8 Å². The van der Waals surface area contributed by atoms with Crippen LogP contribution in [-0.4, -0.2) is 71.3 Å². The molecular formula is C44H51F3N4O7. The number of carbonyl (C=O) groups excluding carboxylic acids is 4. The van der Waals surface area contributed by atoms with Crippen molar-refractivity contribution >= 4 is 34.7 Å². The first kappa shape index (κ1) is 42.5. The van der Waals surface area contributed by atoms with Gasteiger partial charge in [0.2, 0.25) is 11.7 Å². The van der Waals surface area contributed by atoms with Crippen LogP contribution in [0.1, 0.15) is 91.6 Å². The van der Waals surface area contributed by atoms with Gasteiger partial charge in [-0.3, -0.25) is 14.4 Å². The van der Waals surface area contributed by atoms with E-state index in [1.807, 2.05) is 0 Å². The number of para-hydroxylation sites is 2. The molecule has 1 saturated carbocycles. The fourth-order valence-corrected chi connectivity index (χ4v) is 7.97. The van der Waals surface area contributed by atoms with Crippen molar-refractivity contribution in [3.8, 4) is 0 Å². The third kappa shape index (κ3) is 11.3. The Hall–Kier alpha value is -5.08. The molecule has 310 valence electrons. The lowest BCUT2D eigenvalue weighted by atomic mass is 9.88. The first-order chi connectivity index (χ1) is 28.0. The van der Waals surface area contributed by atoms with Crippen LogP contribution >= 0.6 is 0 Å². The zero-order chi connectivity index (χ0) is 41.1. The van der Waals surface area contributed by atoms with E-state index in [1.54, 1.807) is 54.6 Å². The first-order valence-corrected chi connectivity index (χ1v) is 20.2. The Kier molecular flexibility index (Phi) is 14.7. The second-order valence-electron chi connectivity index (χ2n) is 15.3. The fourth-order valence-electron chi connectivity index (χ4n) is 7.97. The van der Waals surface area contributed by atoms with Crippen molar-refractivity contribution in [3.05, 3.63) is 101 Å². The molecule has 2 heterocycles. The lowest BCUT2D eigenvalue weighted by Gasteiger charge is -2.32. The molecule has 1 saturated heterocycles. The van der Waals surface area contributed by atoms with Crippen LogP contribution in [-0.2, 0) is 38.3 Å². The molecule has 14 heteroatoms. The number of ketones is 2. The maximum Gasteiger partial charge on any atom is 0.416 e. The molecule has 1 aliphatic heterocycles. The number of nitrogens with one attached hydrogen (secondary N) is 1. The fraction of sp³-hybridized carbons (Fsp3) is 0.477. The summed E-state index contributed by atoms with van der Waals surface area (Å²) in [6.45, 7) is 0.768. The van der Waals surface area contributed by atoms with Crippen LogP contribution in [0.2, 0.25) is 0 Å². The highest BCUT2D eigenvalue weighted by Gasteiger charge is 2.46. The number of carbonyl (C=O) groups is 4. The van der Waals surface area contributed by atoms with Crippen LogP contribution in [0.5, 0.6) is 0 Å². The topological polar surface area (TPSA) is 154 Å². The highest BCUT2D eigenvalue weighted by Crippen LogP contribution is 2.32. The SMILES string of the molecule is NCCCC[C@H](CC(=O)[C@@H]1[C@@H](OCC2CCCCC2)CCN1C(=O)[C@@H](Cc1cccc(C(F)(F)F)c1)NC(=O)OCc1ccccc1)C(=O)c1nc2ccccc2o1. The molecule has 0 spiro atoms. The number of fused-ring (bicyclic) bond motifs is 1. The van der Waals surface area contributed by atoms with E-state index < -0.39 is 59.4 Å². The van der Waals surface area contributed by atoms with Gasteiger partial charge in [0.05, 0.1) is 11.7 Å². The lowest BCUT2D eigenvalue weighted by molar-refractivity contribution is -0.142. The van der Waals surface area contributed by atoms with E-state index in [0.29, 0.717) is 61.4 Å². The molecule has 2 fully saturated rings. The van der Waals surface area contributed by atoms with E-state index in [-0.39, 0.29) is 37.4 Å². The van der Waals surface area contributed by atoms with Gasteiger partial charge in [-0.2, -0.15) is 13.2 Å². The number of aromatic nitrogens is 1. The van der Waals surface area contributed by atoms with Gasteiger partial charge in [-0.1, -0.05) is 86.3 Å². The van der Waals surface area contributed by atoms with Gasteiger partial charge >= 0.3 is 12.3 Å². The number of likely N-dealkylation sites (tertiary alicyclic amines) is 1. The van der Waals surface area contributed by atoms with Gasteiger partial charge in [0.25, 0.3) is 5.89 Å². The summed E-state index contributed by atoms with van der Waals surface area (Å²) < 4.78 is 58.9. The average Bonchev–Trinajstić information content (AvgIpc) is 3.87. The molecule has 3 N–H and O–H groups in total. The molecule has 1 aromatic heterocycles. The normalized spacial score (nSPS) is 18.5. The van der Waals surface area contributed by atoms with Crippen LogP contribution in [0.25, 0.3) is 11.1 Å². The Balaban J connectivity index is 1.27. The standard InChI is InChI=1S/C44H51F3N4O7/c45-44(46,47)33-18-11-16-31(24-33)25-35(50-43(55)57-28-30-14-5-2-6-15-30)42(54)51-23-21-38(56-27-29-12-3-1-4-13-29)39(51)36(52)26-32(17-9-10-22-48)40(53)41-49-34-19-7-8-20-37(34)58-41/h2,5-8,11,14-16,18-20,24,29,32,35,38-39H,1,3-4,9-10,12-13,17,21-23,25-28,48H2,(H,50,55)/t32-,35-,38+,39-/m1/s1. The molecule has 0 radical (unpaired) electrons. The van der Waals surface area contributed by atoms with Crippen molar-refractivity contribution in [2.75, 3.05) is 19.7 Å². The van der Waals surface area contributed by atoms with E-state index in [2.05, 4.69) is 10.3 Å². The van der Waals surface area contributed by atoms with Crippen molar-refractivity contribution in [2.24, 2.45) is 17.6 Å². The van der Waals surface area contributed by atoms with Crippen LogP contribution in [0.4, 0.5) is 18.0 Å². The molecule has 4 aromatic rings. The largest absolute Gasteiger partial charge is 0.445 e. The van der Waals surface area contributed by atoms with Crippen molar-refractivity contribution in [3.63, 3.8) is 0 Å². The number of ether oxygens (including phenoxy) is 2. The number of alkyl halides is 3. The number of oxazole rings is 1. The van der Waals surface area contributed by atoms with Gasteiger partial charge < -0.3 is 29.8 Å². The van der Waals surface area contributed by atoms with E-state index in [0.717, 1.165) is 44.2 Å². The number of nitrogens with zero attached hydrogens (tertiary/aromatic N) is 2. The summed E-state index contributed by atoms with van der Waals surface area (Å²) in [5.74, 6) is -2.19. The molecule has 58 heavy (non-hydrogen) atoms. The molecule has 4 atom stereocenters. The number of nitrogens with two attached hydrogens (primary N) is 1. The Morgan fingerprint density at radius 3 is 2.40 bits per heavy atom. The number of alkyl carbamates (subject to hydrolysis) is 1. The van der Waals surface area contributed by atoms with Gasteiger partial charge in [0.15, 0.2) is 11.4 Å². The predicted octanol–water partition coefficient (Wildman–Crippen LogP) is 7.84. The number of hydrogen-bond donors (Lipinski definition) is 2. The molecule has 3 aromatic carbocycles. The lowest BCUT2D eigenvalue weighted by Crippen LogP contribution is -2.54. The third-order valence-corrected chi connectivity index (χ3v) is 11.1. The van der Waals surface area contributed by atoms with E-state index in [4.69, 9.17) is 19.6 Å². The zero-order valence-corrected chi connectivity index (χ0v) is 32.5. The van der Waals surface area contributed by atoms with Gasteiger partial charge in [-0.25, -0.2) is 9.78 Å². The summed E-state index contributed by atoms with van der Waals surface area (Å²) in [6.07, 6.45) is 0.244. The van der Waals surface area contributed by atoms with E-state index >= 15 is 0 Å². The van der Waals surface area contributed by atoms with Crippen LogP contribution in [0.3, 0.4) is 0 Å². The smallest absolute Gasteiger partial charge is 0.416 e. The number of unbranched alkanes of at least 4 members (excludes halogenated alkanes) is 1. The zero-order valence-electron chi connectivity index (χ0n) is 32.5. The maximum atomic E-state index is 14.7. The number of benzene rings is 3. The predicted molar refractivity (Wildman–Crippen MR) is 209 cm³/mol. The number of hydrogen-bond acceptors (Lipinski definition) is 9. The highest BCUT2D eigenvalue weighted by atomic mass is 19.4. The molecular weight excluding hydrogens is 753 g/mol. The molecule has 0 unspecified atom stereocenters. The number of rotatable bonds is 18. The minimum atomic E-state index is -4.64. The third-order valence-electron chi connectivity index (χ3n) is 11.1. The molecule has 6 rings (SSSR count). The van der Waals surface area contributed by atoms with Crippen molar-refractivity contribution < 1.29 is 46.2 Å². The van der Waals surface area contributed by atoms with E-state index in [9.17, 15) is 32.3 Å². The molecule has 2 amide bonds. The van der Waals surface area contributed by atoms with Crippen molar-refractivity contribution in [2.45, 2.75) is 102 Å². The van der Waals surface area contributed by atoms with Gasteiger partial charge in [-0.05, 0) is 73.9 Å². The summed E-state index contributed by atoms with van der Waals surface area (Å²) >= 11 is 0. The summed E-state index contributed by atoms with van der Waals surface area (Å²) in [5, 5.41) is 2.58. The van der Waals surface area contributed by atoms with Gasteiger partial charge in [0, 0.05) is 31.9 Å². The number of amides is 2. The maximum absolute atomic E-state index is 14.7. The van der Waals surface area contributed by atoms with Gasteiger partial charge in [0.1, 0.15) is 24.2 Å². The highest BCUT2D eigenvalue weighted by molar-refractivity contribution is 6.00. The van der Waals surface area contributed by atoms with Gasteiger partial charge in [-0.15, -0.1) is 0 Å². The summed E-state index contributed by atoms with van der Waals surface area (Å²) in [4.78, 5) is 62.3. The second kappa shape index (κ2) is 20.1. The van der Waals surface area contributed by atoms with Crippen molar-refractivity contribution in [1.29, 1.82) is 0 Å². The van der Waals surface area contributed by atoms with Crippen LogP contribution in [0.15, 0.2) is 83.3 Å². The second-order valence-corrected chi connectivity index (χ2v) is 15.3. The molecule has 11 nitrogen and oxygen atoms in total. The van der Waals surface area contributed by atoms with Crippen molar-refractivity contribution in [1.82, 2.24) is 15.2 Å². The Morgan fingerprint density at radius 2 is 1.66 bits per heavy atom. The summed E-state index contributed by atoms with van der Waals surface area (Å²) in [6, 6.07) is 17.8. The molecule has 0 bridgehead atoms. The summed E-state index contributed by atoms with van der Waals surface area (Å²) in [7, 11) is 0.